The van der Waals surface area contributed by atoms with Gasteiger partial charge in [-0.25, -0.2) is 0 Å². The summed E-state index contributed by atoms with van der Waals surface area (Å²) in [6, 6.07) is 24.4. The second kappa shape index (κ2) is 8.06. The van der Waals surface area contributed by atoms with Crippen molar-refractivity contribution < 1.29 is 9.90 Å². The first-order chi connectivity index (χ1) is 11.7. The monoisotopic (exact) mass is 401 g/mol. The van der Waals surface area contributed by atoms with Crippen LogP contribution in [0.2, 0.25) is 0 Å². The van der Waals surface area contributed by atoms with Gasteiger partial charge in [-0.2, -0.15) is 0 Å². The summed E-state index contributed by atoms with van der Waals surface area (Å²) < 4.78 is 1.04. The van der Waals surface area contributed by atoms with E-state index in [2.05, 4.69) is 17.4 Å². The third-order valence-corrected chi connectivity index (χ3v) is 7.55. The molecule has 5 heteroatoms. The molecule has 3 nitrogen and oxygen atoms in total. The molecular weight excluding hydrogens is 385 g/mol. The van der Waals surface area contributed by atoms with Gasteiger partial charge in [-0.05, 0) is 0 Å². The molecule has 0 aliphatic rings. The van der Waals surface area contributed by atoms with Crippen LogP contribution >= 0.6 is 10.2 Å². The number of anilines is 1. The van der Waals surface area contributed by atoms with Crippen molar-refractivity contribution >= 4 is 40.1 Å². The van der Waals surface area contributed by atoms with E-state index < -0.39 is 0 Å². The predicted octanol–water partition coefficient (Wildman–Crippen LogP) is 3.68. The van der Waals surface area contributed by atoms with E-state index in [0.29, 0.717) is 11.3 Å². The Morgan fingerprint density at radius 2 is 1.67 bits per heavy atom. The number of aromatic hydroxyl groups is 1. The molecule has 0 atom stereocenters. The minimum absolute atomic E-state index is 0.0914. The topological polar surface area (TPSA) is 49.3 Å². The maximum absolute atomic E-state index is 12.6. The molecule has 3 aromatic rings. The molecule has 1 amide bonds. The SMILES string of the molecule is O=C(Nc1cccc(O)c1)c1ccccc1[Se]Sc1ccccc1. The van der Waals surface area contributed by atoms with E-state index in [1.54, 1.807) is 28.4 Å². The first-order valence-corrected chi connectivity index (χ1v) is 11.0. The van der Waals surface area contributed by atoms with Crippen molar-refractivity contribution in [2.24, 2.45) is 0 Å². The fraction of sp³-hybridized carbons (Fsp3) is 0. The number of phenolic OH excluding ortho intramolecular Hbond substituents is 1. The van der Waals surface area contributed by atoms with Crippen molar-refractivity contribution in [3.8, 4) is 5.75 Å². The summed E-state index contributed by atoms with van der Waals surface area (Å²) in [6.07, 6.45) is 0. The summed E-state index contributed by atoms with van der Waals surface area (Å²) in [5, 5.41) is 12.3. The average Bonchev–Trinajstić information content (AvgIpc) is 2.61. The molecule has 0 bridgehead atoms. The van der Waals surface area contributed by atoms with Crippen molar-refractivity contribution in [2.75, 3.05) is 5.32 Å². The molecule has 0 fully saturated rings. The molecular formula is C19H15NO2SSe. The zero-order chi connectivity index (χ0) is 16.8. The fourth-order valence-electron chi connectivity index (χ4n) is 2.08. The molecule has 0 saturated carbocycles. The first kappa shape index (κ1) is 16.7. The summed E-state index contributed by atoms with van der Waals surface area (Å²) in [5.74, 6) is -0.0309. The standard InChI is InChI=1S/C19H15NO2SSe/c21-15-8-6-7-14(13-15)20-19(22)17-11-4-5-12-18(17)24-23-16-9-2-1-3-10-16/h1-13,21H,(H,20,22). The summed E-state index contributed by atoms with van der Waals surface area (Å²) in [5.41, 5.74) is 1.25. The number of phenols is 1. The molecule has 0 radical (unpaired) electrons. The second-order valence-corrected chi connectivity index (χ2v) is 8.81. The van der Waals surface area contributed by atoms with Crippen LogP contribution in [0.5, 0.6) is 5.75 Å². The van der Waals surface area contributed by atoms with Crippen molar-refractivity contribution in [1.29, 1.82) is 0 Å². The zero-order valence-corrected chi connectivity index (χ0v) is 15.2. The van der Waals surface area contributed by atoms with Crippen LogP contribution in [-0.2, 0) is 0 Å². The molecule has 0 spiro atoms. The van der Waals surface area contributed by atoms with E-state index in [9.17, 15) is 9.90 Å². The summed E-state index contributed by atoms with van der Waals surface area (Å²) in [7, 11) is 1.76. The van der Waals surface area contributed by atoms with Crippen molar-refractivity contribution in [3.05, 3.63) is 84.4 Å². The van der Waals surface area contributed by atoms with E-state index in [4.69, 9.17) is 0 Å². The summed E-state index contributed by atoms with van der Waals surface area (Å²) >= 11 is 0.0914. The Bertz CT molecular complexity index is 840. The Morgan fingerprint density at radius 3 is 2.46 bits per heavy atom. The first-order valence-electron chi connectivity index (χ1n) is 7.31. The molecule has 0 heterocycles. The zero-order valence-electron chi connectivity index (χ0n) is 12.7. The van der Waals surface area contributed by atoms with Crippen molar-refractivity contribution in [2.45, 2.75) is 4.90 Å². The van der Waals surface area contributed by atoms with Gasteiger partial charge in [0.05, 0.1) is 0 Å². The molecule has 2 N–H and O–H groups in total. The number of nitrogens with one attached hydrogen (secondary N) is 1. The Hall–Kier alpha value is -2.20. The molecule has 120 valence electrons. The molecule has 24 heavy (non-hydrogen) atoms. The summed E-state index contributed by atoms with van der Waals surface area (Å²) in [6.45, 7) is 0. The van der Waals surface area contributed by atoms with Crippen LogP contribution in [0.4, 0.5) is 5.69 Å². The van der Waals surface area contributed by atoms with Gasteiger partial charge >= 0.3 is 150 Å². The number of amides is 1. The van der Waals surface area contributed by atoms with Gasteiger partial charge in [0.2, 0.25) is 0 Å². The van der Waals surface area contributed by atoms with Crippen LogP contribution in [0.1, 0.15) is 10.4 Å². The third kappa shape index (κ3) is 4.42. The van der Waals surface area contributed by atoms with Crippen molar-refractivity contribution in [3.63, 3.8) is 0 Å². The van der Waals surface area contributed by atoms with Crippen LogP contribution in [0.25, 0.3) is 0 Å². The van der Waals surface area contributed by atoms with Gasteiger partial charge in [0.1, 0.15) is 0 Å². The Kier molecular flexibility index (Phi) is 5.59. The van der Waals surface area contributed by atoms with Gasteiger partial charge in [0, 0.05) is 0 Å². The number of hydrogen-bond donors (Lipinski definition) is 2. The summed E-state index contributed by atoms with van der Waals surface area (Å²) in [4.78, 5) is 13.8. The molecule has 0 unspecified atom stereocenters. The number of benzene rings is 3. The van der Waals surface area contributed by atoms with Crippen LogP contribution in [-0.4, -0.2) is 24.8 Å². The molecule has 0 aliphatic heterocycles. The molecule has 0 aromatic heterocycles. The molecule has 3 aromatic carbocycles. The minimum atomic E-state index is -0.160. The van der Waals surface area contributed by atoms with Crippen LogP contribution in [0, 0.1) is 0 Å². The second-order valence-electron chi connectivity index (χ2n) is 4.98. The number of carbonyl (C=O) groups is 1. The Balaban J connectivity index is 1.74. The van der Waals surface area contributed by atoms with E-state index in [0.717, 1.165) is 4.46 Å². The van der Waals surface area contributed by atoms with Gasteiger partial charge in [0.25, 0.3) is 0 Å². The van der Waals surface area contributed by atoms with Gasteiger partial charge in [0.15, 0.2) is 0 Å². The van der Waals surface area contributed by atoms with E-state index >= 15 is 0 Å². The van der Waals surface area contributed by atoms with Crippen LogP contribution in [0.15, 0.2) is 83.8 Å². The van der Waals surface area contributed by atoms with Gasteiger partial charge < -0.3 is 0 Å². The number of rotatable bonds is 5. The van der Waals surface area contributed by atoms with E-state index in [1.807, 2.05) is 42.5 Å². The quantitative estimate of drug-likeness (QED) is 0.643. The van der Waals surface area contributed by atoms with E-state index in [1.165, 1.54) is 11.0 Å². The Morgan fingerprint density at radius 1 is 0.917 bits per heavy atom. The van der Waals surface area contributed by atoms with Gasteiger partial charge in [-0.1, -0.05) is 0 Å². The molecule has 3 rings (SSSR count). The number of carbonyl (C=O) groups excluding carboxylic acids is 1. The van der Waals surface area contributed by atoms with Crippen LogP contribution in [0.3, 0.4) is 0 Å². The third-order valence-electron chi connectivity index (χ3n) is 3.21. The fourth-order valence-corrected chi connectivity index (χ4v) is 5.96. The molecule has 0 saturated heterocycles. The molecule has 0 aliphatic carbocycles. The normalized spacial score (nSPS) is 10.3. The maximum atomic E-state index is 12.6. The average molecular weight is 400 g/mol. The van der Waals surface area contributed by atoms with Gasteiger partial charge in [-0.15, -0.1) is 0 Å². The van der Waals surface area contributed by atoms with Crippen molar-refractivity contribution in [1.82, 2.24) is 0 Å². The number of hydrogen-bond acceptors (Lipinski definition) is 3. The van der Waals surface area contributed by atoms with Crippen LogP contribution < -0.4 is 9.78 Å². The predicted molar refractivity (Wildman–Crippen MR) is 100 cm³/mol. The van der Waals surface area contributed by atoms with Gasteiger partial charge in [-0.3, -0.25) is 0 Å². The van der Waals surface area contributed by atoms with E-state index in [-0.39, 0.29) is 25.5 Å². The Labute approximate surface area is 150 Å².